The molecule has 2 saturated heterocycles. The van der Waals surface area contributed by atoms with Crippen molar-refractivity contribution in [2.75, 3.05) is 31.1 Å². The van der Waals surface area contributed by atoms with Crippen LogP contribution in [0.5, 0.6) is 5.75 Å². The highest BCUT2D eigenvalue weighted by Crippen LogP contribution is 2.36. The van der Waals surface area contributed by atoms with E-state index < -0.39 is 23.5 Å². The molecule has 3 aromatic rings. The number of benzene rings is 2. The lowest BCUT2D eigenvalue weighted by atomic mass is 9.87. The van der Waals surface area contributed by atoms with Gasteiger partial charge in [-0.05, 0) is 92.2 Å². The lowest BCUT2D eigenvalue weighted by Crippen LogP contribution is -2.41. The van der Waals surface area contributed by atoms with Gasteiger partial charge in [0.15, 0.2) is 11.6 Å². The van der Waals surface area contributed by atoms with Gasteiger partial charge in [0.2, 0.25) is 5.91 Å². The van der Waals surface area contributed by atoms with Crippen LogP contribution in [0.2, 0.25) is 0 Å². The number of amides is 1. The summed E-state index contributed by atoms with van der Waals surface area (Å²) in [6.07, 6.45) is 5.86. The number of aryl methyl sites for hydroxylation is 1. The second kappa shape index (κ2) is 12.9. The van der Waals surface area contributed by atoms with E-state index in [0.29, 0.717) is 61.6 Å². The van der Waals surface area contributed by atoms with Crippen LogP contribution in [-0.2, 0) is 16.2 Å². The van der Waals surface area contributed by atoms with Crippen LogP contribution in [-0.4, -0.2) is 47.9 Å². The van der Waals surface area contributed by atoms with Gasteiger partial charge in [0.25, 0.3) is 0 Å². The van der Waals surface area contributed by atoms with E-state index in [1.165, 1.54) is 24.5 Å². The first-order valence-electron chi connectivity index (χ1n) is 15.7. The smallest absolute Gasteiger partial charge is 0.222 e. The van der Waals surface area contributed by atoms with Crippen molar-refractivity contribution >= 4 is 17.7 Å². The van der Waals surface area contributed by atoms with Crippen molar-refractivity contribution in [3.05, 3.63) is 76.9 Å². The second-order valence-corrected chi connectivity index (χ2v) is 12.5. The summed E-state index contributed by atoms with van der Waals surface area (Å²) in [7, 11) is 0. The number of halogens is 2. The summed E-state index contributed by atoms with van der Waals surface area (Å²) in [5.41, 5.74) is 3.74. The quantitative estimate of drug-likeness (QED) is 0.327. The average Bonchev–Trinajstić information content (AvgIpc) is 3.85. The molecular weight excluding hydrogens is 564 g/mol. The third kappa shape index (κ3) is 6.87. The first-order valence-corrected chi connectivity index (χ1v) is 15.7. The Morgan fingerprint density at radius 3 is 2.39 bits per heavy atom. The van der Waals surface area contributed by atoms with E-state index in [9.17, 15) is 19.1 Å². The minimum atomic E-state index is -1.04. The molecule has 1 aromatic heterocycles. The van der Waals surface area contributed by atoms with Gasteiger partial charge in [-0.1, -0.05) is 24.3 Å². The van der Waals surface area contributed by atoms with Crippen molar-refractivity contribution in [3.63, 3.8) is 0 Å². The molecule has 1 amide bonds. The van der Waals surface area contributed by atoms with Crippen LogP contribution in [0.4, 0.5) is 14.6 Å². The molecule has 0 radical (unpaired) electrons. The molecule has 0 atom stereocenters. The average molecular weight is 603 g/mol. The fourth-order valence-electron chi connectivity index (χ4n) is 6.44. The number of aromatic nitrogens is 1. The van der Waals surface area contributed by atoms with Gasteiger partial charge in [-0.3, -0.25) is 4.79 Å². The Morgan fingerprint density at radius 1 is 0.955 bits per heavy atom. The number of rotatable bonds is 9. The first kappa shape index (κ1) is 30.0. The van der Waals surface area contributed by atoms with E-state index in [0.717, 1.165) is 43.1 Å². The number of carbonyl (C=O) groups is 2. The second-order valence-electron chi connectivity index (χ2n) is 12.5. The van der Waals surface area contributed by atoms with Gasteiger partial charge in [0.1, 0.15) is 18.2 Å². The molecule has 232 valence electrons. The van der Waals surface area contributed by atoms with Crippen LogP contribution in [0.25, 0.3) is 11.3 Å². The number of ether oxygens (including phenoxy) is 1. The zero-order valence-corrected chi connectivity index (χ0v) is 25.1. The standard InChI is InChI=1S/C35H39F2N3O4/c1-22-17-26(24-9-15-40(16-10-24)33(41)18-23-5-6-23)7-8-27(22)21-44-34-29(19-28(36)20-30(34)37)31-3-2-4-32(38-31)39-13-11-25(12-14-39)35(42)43/h2-4,7-8,17,19-20,23-25H,5-6,9-16,18,21H2,1H3,(H,42,43)/p-1. The van der Waals surface area contributed by atoms with E-state index in [4.69, 9.17) is 4.74 Å². The van der Waals surface area contributed by atoms with Gasteiger partial charge >= 0.3 is 0 Å². The van der Waals surface area contributed by atoms with Gasteiger partial charge in [0.05, 0.1) is 5.69 Å². The third-order valence-electron chi connectivity index (χ3n) is 9.39. The van der Waals surface area contributed by atoms with Gasteiger partial charge in [-0.2, -0.15) is 0 Å². The van der Waals surface area contributed by atoms with E-state index in [1.807, 2.05) is 22.8 Å². The molecule has 1 saturated carbocycles. The Hall–Kier alpha value is -4.01. The molecule has 9 heteroatoms. The van der Waals surface area contributed by atoms with E-state index in [-0.39, 0.29) is 17.9 Å². The number of piperidine rings is 2. The van der Waals surface area contributed by atoms with Crippen LogP contribution >= 0.6 is 0 Å². The number of likely N-dealkylation sites (tertiary alicyclic amines) is 1. The number of pyridine rings is 1. The van der Waals surface area contributed by atoms with Gasteiger partial charge in [-0.25, -0.2) is 13.8 Å². The number of carboxylic acid groups (broad SMARTS) is 1. The Balaban J connectivity index is 1.13. The summed E-state index contributed by atoms with van der Waals surface area (Å²) >= 11 is 0. The number of hydrogen-bond acceptors (Lipinski definition) is 6. The summed E-state index contributed by atoms with van der Waals surface area (Å²) in [5, 5.41) is 11.2. The zero-order chi connectivity index (χ0) is 30.8. The summed E-state index contributed by atoms with van der Waals surface area (Å²) in [4.78, 5) is 32.4. The molecule has 2 aliphatic heterocycles. The maximum Gasteiger partial charge on any atom is 0.222 e. The van der Waals surface area contributed by atoms with Gasteiger partial charge < -0.3 is 24.4 Å². The Labute approximate surface area is 256 Å². The summed E-state index contributed by atoms with van der Waals surface area (Å²) in [6, 6.07) is 13.5. The number of anilines is 1. The van der Waals surface area contributed by atoms with Gasteiger partial charge in [0, 0.05) is 56.1 Å². The van der Waals surface area contributed by atoms with Crippen LogP contribution in [0, 0.1) is 30.4 Å². The first-order chi connectivity index (χ1) is 21.2. The molecular formula is C35H38F2N3O4-. The highest BCUT2D eigenvalue weighted by molar-refractivity contribution is 5.77. The largest absolute Gasteiger partial charge is 0.550 e. The van der Waals surface area contributed by atoms with Crippen molar-refractivity contribution in [2.24, 2.45) is 11.8 Å². The Morgan fingerprint density at radius 2 is 1.70 bits per heavy atom. The van der Waals surface area contributed by atoms with E-state index >= 15 is 4.39 Å². The monoisotopic (exact) mass is 602 g/mol. The molecule has 2 aromatic carbocycles. The fourth-order valence-corrected chi connectivity index (χ4v) is 6.44. The predicted octanol–water partition coefficient (Wildman–Crippen LogP) is 5.39. The lowest BCUT2D eigenvalue weighted by molar-refractivity contribution is -0.312. The topological polar surface area (TPSA) is 85.8 Å². The number of aliphatic carboxylic acids is 1. The normalized spacial score (nSPS) is 18.0. The summed E-state index contributed by atoms with van der Waals surface area (Å²) < 4.78 is 35.6. The van der Waals surface area contributed by atoms with Crippen molar-refractivity contribution < 1.29 is 28.2 Å². The number of hydrogen-bond donors (Lipinski definition) is 0. The van der Waals surface area contributed by atoms with Crippen molar-refractivity contribution in [2.45, 2.75) is 64.4 Å². The number of carboxylic acids is 1. The lowest BCUT2D eigenvalue weighted by Gasteiger charge is -2.33. The fraction of sp³-hybridized carbons (Fsp3) is 0.457. The molecule has 0 bridgehead atoms. The van der Waals surface area contributed by atoms with Crippen LogP contribution in [0.15, 0.2) is 48.5 Å². The van der Waals surface area contributed by atoms with Crippen LogP contribution < -0.4 is 14.7 Å². The summed E-state index contributed by atoms with van der Waals surface area (Å²) in [6.45, 7) is 4.70. The molecule has 0 spiro atoms. The molecule has 0 unspecified atom stereocenters. The highest BCUT2D eigenvalue weighted by atomic mass is 19.1. The van der Waals surface area contributed by atoms with Crippen molar-refractivity contribution in [1.29, 1.82) is 0 Å². The molecule has 1 aliphatic carbocycles. The number of carbonyl (C=O) groups excluding carboxylic acids is 2. The Bertz CT molecular complexity index is 1530. The maximum atomic E-state index is 15.1. The molecule has 6 rings (SSSR count). The Kier molecular flexibility index (Phi) is 8.82. The SMILES string of the molecule is Cc1cc(C2CCN(C(=O)CC3CC3)CC2)ccc1COc1c(F)cc(F)cc1-c1cccc(N2CCC(C(=O)[O-])CC2)n1. The molecule has 44 heavy (non-hydrogen) atoms. The predicted molar refractivity (Wildman–Crippen MR) is 161 cm³/mol. The van der Waals surface area contributed by atoms with Gasteiger partial charge in [-0.15, -0.1) is 0 Å². The minimum absolute atomic E-state index is 0.0709. The maximum absolute atomic E-state index is 15.1. The van der Waals surface area contributed by atoms with Crippen LogP contribution in [0.3, 0.4) is 0 Å². The van der Waals surface area contributed by atoms with E-state index in [2.05, 4.69) is 17.1 Å². The van der Waals surface area contributed by atoms with Crippen LogP contribution in [0.1, 0.15) is 67.6 Å². The molecule has 3 aliphatic rings. The van der Waals surface area contributed by atoms with E-state index in [1.54, 1.807) is 18.2 Å². The van der Waals surface area contributed by atoms with Crippen molar-refractivity contribution in [1.82, 2.24) is 9.88 Å². The zero-order valence-electron chi connectivity index (χ0n) is 25.1. The number of nitrogens with zero attached hydrogens (tertiary/aromatic N) is 3. The summed E-state index contributed by atoms with van der Waals surface area (Å²) in [5.74, 6) is -1.23. The molecule has 7 nitrogen and oxygen atoms in total. The van der Waals surface area contributed by atoms with Crippen molar-refractivity contribution in [3.8, 4) is 17.0 Å². The minimum Gasteiger partial charge on any atom is -0.550 e. The molecule has 3 heterocycles. The third-order valence-corrected chi connectivity index (χ3v) is 9.39. The molecule has 3 fully saturated rings. The molecule has 0 N–H and O–H groups in total. The highest BCUT2D eigenvalue weighted by Gasteiger charge is 2.30.